The van der Waals surface area contributed by atoms with E-state index in [-0.39, 0.29) is 11.4 Å². The molecule has 2 aromatic carbocycles. The number of benzene rings is 2. The van der Waals surface area contributed by atoms with Gasteiger partial charge in [-0.05, 0) is 41.5 Å². The normalized spacial score (nSPS) is 12.2. The maximum atomic E-state index is 13.4. The molecule has 106 valence electrons. The molecule has 0 bridgehead atoms. The van der Waals surface area contributed by atoms with Crippen molar-refractivity contribution >= 4 is 23.2 Å². The van der Waals surface area contributed by atoms with E-state index in [2.05, 4.69) is 0 Å². The quantitative estimate of drug-likeness (QED) is 0.905. The summed E-state index contributed by atoms with van der Waals surface area (Å²) in [5.74, 6) is 0.0733. The molecule has 20 heavy (non-hydrogen) atoms. The number of hydrogen-bond donors (Lipinski definition) is 1. The first kappa shape index (κ1) is 15.1. The number of rotatable bonds is 4. The van der Waals surface area contributed by atoms with Crippen LogP contribution >= 0.6 is 23.2 Å². The van der Waals surface area contributed by atoms with Gasteiger partial charge in [0.2, 0.25) is 0 Å². The molecule has 2 aromatic rings. The Labute approximate surface area is 126 Å². The van der Waals surface area contributed by atoms with E-state index < -0.39 is 11.9 Å². The Bertz CT molecular complexity index is 617. The van der Waals surface area contributed by atoms with E-state index in [1.807, 2.05) is 0 Å². The Kier molecular flexibility index (Phi) is 4.86. The van der Waals surface area contributed by atoms with Crippen LogP contribution in [0.1, 0.15) is 17.2 Å². The minimum atomic E-state index is -0.867. The van der Waals surface area contributed by atoms with Gasteiger partial charge in [-0.2, -0.15) is 0 Å². The molecule has 0 aliphatic heterocycles. The van der Waals surface area contributed by atoms with Gasteiger partial charge in [-0.1, -0.05) is 29.3 Å². The van der Waals surface area contributed by atoms with E-state index in [4.69, 9.17) is 27.9 Å². The van der Waals surface area contributed by atoms with Crippen LogP contribution in [0.15, 0.2) is 36.4 Å². The van der Waals surface area contributed by atoms with E-state index in [1.165, 1.54) is 12.1 Å². The molecular weight excluding hydrogens is 302 g/mol. The van der Waals surface area contributed by atoms with Crippen LogP contribution in [0.3, 0.4) is 0 Å². The predicted octanol–water partition coefficient (Wildman–Crippen LogP) is 4.42. The van der Waals surface area contributed by atoms with Crippen LogP contribution in [0.2, 0.25) is 10.0 Å². The smallest absolute Gasteiger partial charge is 0.142 e. The van der Waals surface area contributed by atoms with Crippen LogP contribution in [0, 0.1) is 5.82 Å². The Morgan fingerprint density at radius 1 is 1.20 bits per heavy atom. The largest absolute Gasteiger partial charge is 0.496 e. The van der Waals surface area contributed by atoms with Crippen molar-refractivity contribution < 1.29 is 14.2 Å². The van der Waals surface area contributed by atoms with Gasteiger partial charge in [0.1, 0.15) is 11.6 Å². The lowest BCUT2D eigenvalue weighted by molar-refractivity contribution is 0.177. The van der Waals surface area contributed by atoms with Crippen molar-refractivity contribution in [2.75, 3.05) is 7.11 Å². The van der Waals surface area contributed by atoms with Gasteiger partial charge < -0.3 is 9.84 Å². The van der Waals surface area contributed by atoms with Crippen LogP contribution in [0.4, 0.5) is 4.39 Å². The Hall–Kier alpha value is -1.29. The third-order valence-corrected chi connectivity index (χ3v) is 3.53. The zero-order valence-corrected chi connectivity index (χ0v) is 12.2. The minimum Gasteiger partial charge on any atom is -0.496 e. The maximum absolute atomic E-state index is 13.4. The summed E-state index contributed by atoms with van der Waals surface area (Å²) in [4.78, 5) is 0. The van der Waals surface area contributed by atoms with Crippen molar-refractivity contribution in [3.8, 4) is 5.75 Å². The summed E-state index contributed by atoms with van der Waals surface area (Å²) in [6, 6.07) is 9.39. The first-order chi connectivity index (χ1) is 9.51. The molecule has 0 fully saturated rings. The van der Waals surface area contributed by atoms with Crippen LogP contribution < -0.4 is 4.74 Å². The van der Waals surface area contributed by atoms with Crippen LogP contribution in [-0.2, 0) is 6.42 Å². The highest BCUT2D eigenvalue weighted by molar-refractivity contribution is 6.31. The highest BCUT2D eigenvalue weighted by atomic mass is 35.5. The van der Waals surface area contributed by atoms with Gasteiger partial charge in [0.05, 0.1) is 18.2 Å². The van der Waals surface area contributed by atoms with Gasteiger partial charge in [-0.15, -0.1) is 0 Å². The standard InChI is InChI=1S/C15H13Cl2FO2/c1-20-15-5-3-11(16)6-10(15)8-14(19)9-2-4-12(17)13(18)7-9/h2-7,14,19H,8H2,1H3. The second-order valence-electron chi connectivity index (χ2n) is 4.35. The summed E-state index contributed by atoms with van der Waals surface area (Å²) in [6.45, 7) is 0. The highest BCUT2D eigenvalue weighted by Gasteiger charge is 2.14. The van der Waals surface area contributed by atoms with Crippen molar-refractivity contribution in [1.29, 1.82) is 0 Å². The van der Waals surface area contributed by atoms with Crippen molar-refractivity contribution in [2.24, 2.45) is 0 Å². The topological polar surface area (TPSA) is 29.5 Å². The lowest BCUT2D eigenvalue weighted by atomic mass is 10.0. The zero-order chi connectivity index (χ0) is 14.7. The fourth-order valence-corrected chi connectivity index (χ4v) is 2.26. The SMILES string of the molecule is COc1ccc(Cl)cc1CC(O)c1ccc(Cl)c(F)c1. The average molecular weight is 315 g/mol. The number of methoxy groups -OCH3 is 1. The molecule has 0 amide bonds. The molecule has 0 saturated carbocycles. The van der Waals surface area contributed by atoms with E-state index in [0.717, 1.165) is 5.56 Å². The fraction of sp³-hybridized carbons (Fsp3) is 0.200. The maximum Gasteiger partial charge on any atom is 0.142 e. The first-order valence-electron chi connectivity index (χ1n) is 5.96. The fourth-order valence-electron chi connectivity index (χ4n) is 1.95. The molecule has 0 aliphatic rings. The summed E-state index contributed by atoms with van der Waals surface area (Å²) >= 11 is 11.6. The zero-order valence-electron chi connectivity index (χ0n) is 10.7. The molecule has 0 saturated heterocycles. The molecule has 1 atom stereocenters. The molecule has 1 N–H and O–H groups in total. The van der Waals surface area contributed by atoms with Crippen LogP contribution in [-0.4, -0.2) is 12.2 Å². The highest BCUT2D eigenvalue weighted by Crippen LogP contribution is 2.28. The molecule has 0 spiro atoms. The summed E-state index contributed by atoms with van der Waals surface area (Å²) in [6.07, 6.45) is -0.598. The lowest BCUT2D eigenvalue weighted by Crippen LogP contribution is -2.04. The van der Waals surface area contributed by atoms with Gasteiger partial charge in [-0.3, -0.25) is 0 Å². The minimum absolute atomic E-state index is 0.0290. The van der Waals surface area contributed by atoms with Crippen molar-refractivity contribution in [3.63, 3.8) is 0 Å². The third-order valence-electron chi connectivity index (χ3n) is 2.98. The number of ether oxygens (including phenoxy) is 1. The molecule has 2 rings (SSSR count). The molecule has 0 aliphatic carbocycles. The molecule has 0 heterocycles. The monoisotopic (exact) mass is 314 g/mol. The summed E-state index contributed by atoms with van der Waals surface area (Å²) in [5, 5.41) is 10.8. The average Bonchev–Trinajstić information content (AvgIpc) is 2.42. The van der Waals surface area contributed by atoms with E-state index in [0.29, 0.717) is 16.3 Å². The Morgan fingerprint density at radius 2 is 1.95 bits per heavy atom. The lowest BCUT2D eigenvalue weighted by Gasteiger charge is -2.14. The van der Waals surface area contributed by atoms with Gasteiger partial charge in [0.25, 0.3) is 0 Å². The number of halogens is 3. The van der Waals surface area contributed by atoms with Crippen molar-refractivity contribution in [1.82, 2.24) is 0 Å². The third kappa shape index (κ3) is 3.42. The number of aliphatic hydroxyl groups excluding tert-OH is 1. The van der Waals surface area contributed by atoms with Crippen LogP contribution in [0.25, 0.3) is 0 Å². The first-order valence-corrected chi connectivity index (χ1v) is 6.72. The molecule has 0 radical (unpaired) electrons. The number of hydrogen-bond acceptors (Lipinski definition) is 2. The van der Waals surface area contributed by atoms with Gasteiger partial charge in [0, 0.05) is 11.4 Å². The van der Waals surface area contributed by atoms with Gasteiger partial charge in [0.15, 0.2) is 0 Å². The Balaban J connectivity index is 2.24. The molecule has 1 unspecified atom stereocenters. The van der Waals surface area contributed by atoms with Crippen molar-refractivity contribution in [2.45, 2.75) is 12.5 Å². The van der Waals surface area contributed by atoms with E-state index in [1.54, 1.807) is 31.4 Å². The molecule has 0 aromatic heterocycles. The van der Waals surface area contributed by atoms with E-state index >= 15 is 0 Å². The molecule has 2 nitrogen and oxygen atoms in total. The van der Waals surface area contributed by atoms with Crippen LogP contribution in [0.5, 0.6) is 5.75 Å². The second-order valence-corrected chi connectivity index (χ2v) is 5.19. The predicted molar refractivity (Wildman–Crippen MR) is 78.1 cm³/mol. The van der Waals surface area contributed by atoms with E-state index in [9.17, 15) is 9.50 Å². The Morgan fingerprint density at radius 3 is 2.60 bits per heavy atom. The molecule has 5 heteroatoms. The summed E-state index contributed by atoms with van der Waals surface area (Å²) in [7, 11) is 1.54. The number of aliphatic hydroxyl groups is 1. The van der Waals surface area contributed by atoms with Gasteiger partial charge in [-0.25, -0.2) is 4.39 Å². The summed E-state index contributed by atoms with van der Waals surface area (Å²) < 4.78 is 18.6. The second kappa shape index (κ2) is 6.44. The van der Waals surface area contributed by atoms with Gasteiger partial charge >= 0.3 is 0 Å². The van der Waals surface area contributed by atoms with Crippen molar-refractivity contribution in [3.05, 3.63) is 63.4 Å². The molecular formula is C15H13Cl2FO2. The summed E-state index contributed by atoms with van der Waals surface area (Å²) in [5.41, 5.74) is 1.21.